The molecule has 3 aromatic carbocycles. The Balaban J connectivity index is 1.39. The number of alkyl halides is 3. The minimum Gasteiger partial charge on any atom is -0.406 e. The fourth-order valence-electron chi connectivity index (χ4n) is 4.00. The molecule has 8 heteroatoms. The number of benzene rings is 3. The Morgan fingerprint density at radius 3 is 2.58 bits per heavy atom. The number of hydrogen-bond donors (Lipinski definition) is 1. The standard InChI is InChI=1S/C25H16BrF3N2O2/c26-21-14-18(33-25(27,28)29)13-17-9-11-31(24(17)21)23(32)12-15-4-6-16(7-5-15)19-2-1-3-22-20(19)8-10-30-22/h1-11,13-14,30H,12H2. The van der Waals surface area contributed by atoms with Crippen LogP contribution in [-0.4, -0.2) is 21.8 Å². The Bertz CT molecular complexity index is 1480. The van der Waals surface area contributed by atoms with E-state index in [0.29, 0.717) is 15.4 Å². The minimum absolute atomic E-state index is 0.145. The number of H-pyrrole nitrogens is 1. The summed E-state index contributed by atoms with van der Waals surface area (Å²) >= 11 is 3.27. The number of nitrogens with zero attached hydrogens (tertiary/aromatic N) is 1. The Morgan fingerprint density at radius 1 is 1.03 bits per heavy atom. The average molecular weight is 513 g/mol. The molecular formula is C25H16BrF3N2O2. The summed E-state index contributed by atoms with van der Waals surface area (Å²) in [5.74, 6) is -0.546. The molecule has 0 unspecified atom stereocenters. The van der Waals surface area contributed by atoms with Gasteiger partial charge in [-0.05, 0) is 63.0 Å². The van der Waals surface area contributed by atoms with Gasteiger partial charge >= 0.3 is 6.36 Å². The van der Waals surface area contributed by atoms with Crippen LogP contribution in [0.3, 0.4) is 0 Å². The van der Waals surface area contributed by atoms with Crippen LogP contribution in [0, 0.1) is 0 Å². The summed E-state index contributed by atoms with van der Waals surface area (Å²) in [6.45, 7) is 0. The Morgan fingerprint density at radius 2 is 1.82 bits per heavy atom. The van der Waals surface area contributed by atoms with Crippen molar-refractivity contribution in [1.29, 1.82) is 0 Å². The van der Waals surface area contributed by atoms with Crippen molar-refractivity contribution in [3.8, 4) is 16.9 Å². The monoisotopic (exact) mass is 512 g/mol. The predicted octanol–water partition coefficient (Wildman–Crippen LogP) is 7.33. The summed E-state index contributed by atoms with van der Waals surface area (Å²) in [4.78, 5) is 16.2. The third-order valence-electron chi connectivity index (χ3n) is 5.43. The second kappa shape index (κ2) is 8.12. The van der Waals surface area contributed by atoms with Gasteiger partial charge in [0, 0.05) is 33.2 Å². The van der Waals surface area contributed by atoms with E-state index in [-0.39, 0.29) is 18.1 Å². The van der Waals surface area contributed by atoms with Crippen molar-refractivity contribution in [2.45, 2.75) is 12.8 Å². The third-order valence-corrected chi connectivity index (χ3v) is 6.03. The lowest BCUT2D eigenvalue weighted by molar-refractivity contribution is -0.274. The molecule has 166 valence electrons. The Hall–Kier alpha value is -3.52. The van der Waals surface area contributed by atoms with Crippen LogP contribution in [0.15, 0.2) is 83.6 Å². The van der Waals surface area contributed by atoms with E-state index < -0.39 is 6.36 Å². The Labute approximate surface area is 194 Å². The van der Waals surface area contributed by atoms with Crippen LogP contribution in [0.1, 0.15) is 10.4 Å². The molecule has 0 saturated heterocycles. The summed E-state index contributed by atoms with van der Waals surface area (Å²) in [6.07, 6.45) is -1.19. The van der Waals surface area contributed by atoms with Gasteiger partial charge in [0.05, 0.1) is 11.9 Å². The average Bonchev–Trinajstić information content (AvgIpc) is 3.40. The number of carbonyl (C=O) groups is 1. The fraction of sp³-hybridized carbons (Fsp3) is 0.0800. The number of halogens is 4. The van der Waals surface area contributed by atoms with Crippen LogP contribution in [-0.2, 0) is 6.42 Å². The number of hydrogen-bond acceptors (Lipinski definition) is 2. The summed E-state index contributed by atoms with van der Waals surface area (Å²) in [5.41, 5.74) is 4.53. The zero-order valence-corrected chi connectivity index (χ0v) is 18.6. The van der Waals surface area contributed by atoms with E-state index in [1.54, 1.807) is 12.3 Å². The van der Waals surface area contributed by atoms with Gasteiger partial charge in [-0.1, -0.05) is 36.4 Å². The van der Waals surface area contributed by atoms with Crippen LogP contribution < -0.4 is 4.74 Å². The zero-order valence-electron chi connectivity index (χ0n) is 17.0. The number of rotatable bonds is 4. The largest absolute Gasteiger partial charge is 0.573 e. The summed E-state index contributed by atoms with van der Waals surface area (Å²) in [5, 5.41) is 1.59. The van der Waals surface area contributed by atoms with Crippen LogP contribution in [0.4, 0.5) is 13.2 Å². The number of aromatic nitrogens is 2. The predicted molar refractivity (Wildman–Crippen MR) is 124 cm³/mol. The number of aromatic amines is 1. The molecule has 2 aromatic heterocycles. The van der Waals surface area contributed by atoms with Gasteiger partial charge in [-0.2, -0.15) is 0 Å². The first-order valence-corrected chi connectivity index (χ1v) is 10.8. The molecule has 4 nitrogen and oxygen atoms in total. The van der Waals surface area contributed by atoms with Crippen molar-refractivity contribution in [2.75, 3.05) is 0 Å². The van der Waals surface area contributed by atoms with Crippen molar-refractivity contribution >= 4 is 43.6 Å². The van der Waals surface area contributed by atoms with Crippen LogP contribution in [0.25, 0.3) is 32.9 Å². The second-order valence-electron chi connectivity index (χ2n) is 7.59. The van der Waals surface area contributed by atoms with Crippen molar-refractivity contribution < 1.29 is 22.7 Å². The number of fused-ring (bicyclic) bond motifs is 2. The molecule has 1 N–H and O–H groups in total. The first-order chi connectivity index (χ1) is 15.8. The first kappa shape index (κ1) is 21.3. The van der Waals surface area contributed by atoms with E-state index in [0.717, 1.165) is 27.6 Å². The third kappa shape index (κ3) is 4.26. The van der Waals surface area contributed by atoms with E-state index in [1.165, 1.54) is 16.7 Å². The Kier molecular flexibility index (Phi) is 5.25. The highest BCUT2D eigenvalue weighted by Crippen LogP contribution is 2.33. The first-order valence-electron chi connectivity index (χ1n) is 10.0. The van der Waals surface area contributed by atoms with Crippen LogP contribution >= 0.6 is 15.9 Å². The van der Waals surface area contributed by atoms with Gasteiger partial charge < -0.3 is 9.72 Å². The molecule has 2 heterocycles. The second-order valence-corrected chi connectivity index (χ2v) is 8.44. The van der Waals surface area contributed by atoms with Crippen LogP contribution in [0.5, 0.6) is 5.75 Å². The van der Waals surface area contributed by atoms with Crippen molar-refractivity contribution in [1.82, 2.24) is 9.55 Å². The van der Waals surface area contributed by atoms with Gasteiger partial charge in [0.2, 0.25) is 5.91 Å². The molecule has 0 radical (unpaired) electrons. The highest BCUT2D eigenvalue weighted by molar-refractivity contribution is 9.10. The molecule has 0 atom stereocenters. The molecule has 0 amide bonds. The molecule has 0 bridgehead atoms. The SMILES string of the molecule is O=C(Cc1ccc(-c2cccc3[nH]ccc23)cc1)n1ccc2cc(OC(F)(F)F)cc(Br)c21. The lowest BCUT2D eigenvalue weighted by Gasteiger charge is -2.11. The van der Waals surface area contributed by atoms with Gasteiger partial charge in [0.25, 0.3) is 0 Å². The van der Waals surface area contributed by atoms with Gasteiger partial charge in [0.15, 0.2) is 0 Å². The molecule has 0 fully saturated rings. The molecule has 33 heavy (non-hydrogen) atoms. The molecule has 0 aliphatic rings. The maximum atomic E-state index is 13.0. The lowest BCUT2D eigenvalue weighted by atomic mass is 10.00. The zero-order chi connectivity index (χ0) is 23.2. The normalized spacial score (nSPS) is 11.9. The fourth-order valence-corrected chi connectivity index (χ4v) is 4.65. The van der Waals surface area contributed by atoms with E-state index in [9.17, 15) is 18.0 Å². The quantitative estimate of drug-likeness (QED) is 0.274. The minimum atomic E-state index is -4.79. The molecule has 0 aliphatic carbocycles. The van der Waals surface area contributed by atoms with E-state index in [4.69, 9.17) is 0 Å². The number of ether oxygens (including phenoxy) is 1. The maximum absolute atomic E-state index is 13.0. The maximum Gasteiger partial charge on any atom is 0.573 e. The van der Waals surface area contributed by atoms with Crippen molar-refractivity contribution in [3.05, 3.63) is 89.2 Å². The smallest absolute Gasteiger partial charge is 0.406 e. The van der Waals surface area contributed by atoms with E-state index in [2.05, 4.69) is 31.7 Å². The van der Waals surface area contributed by atoms with Crippen molar-refractivity contribution in [2.24, 2.45) is 0 Å². The van der Waals surface area contributed by atoms with Gasteiger partial charge in [-0.25, -0.2) is 0 Å². The number of nitrogens with one attached hydrogen (secondary N) is 1. The summed E-state index contributed by atoms with van der Waals surface area (Å²) < 4.78 is 43.4. The van der Waals surface area contributed by atoms with Gasteiger partial charge in [-0.3, -0.25) is 9.36 Å². The summed E-state index contributed by atoms with van der Waals surface area (Å²) in [7, 11) is 0. The van der Waals surface area contributed by atoms with Crippen LogP contribution in [0.2, 0.25) is 0 Å². The molecule has 5 aromatic rings. The number of carbonyl (C=O) groups excluding carboxylic acids is 1. The van der Waals surface area contributed by atoms with Crippen molar-refractivity contribution in [3.63, 3.8) is 0 Å². The van der Waals surface area contributed by atoms with E-state index in [1.807, 2.05) is 48.7 Å². The molecule has 5 rings (SSSR count). The topological polar surface area (TPSA) is 47.0 Å². The highest BCUT2D eigenvalue weighted by atomic mass is 79.9. The molecule has 0 aliphatic heterocycles. The molecule has 0 saturated carbocycles. The lowest BCUT2D eigenvalue weighted by Crippen LogP contribution is -2.17. The molecular weight excluding hydrogens is 497 g/mol. The highest BCUT2D eigenvalue weighted by Gasteiger charge is 2.31. The molecule has 0 spiro atoms. The van der Waals surface area contributed by atoms with Gasteiger partial charge in [0.1, 0.15) is 5.75 Å². The van der Waals surface area contributed by atoms with E-state index >= 15 is 0 Å². The van der Waals surface area contributed by atoms with Gasteiger partial charge in [-0.15, -0.1) is 13.2 Å². The summed E-state index contributed by atoms with van der Waals surface area (Å²) in [6, 6.07) is 19.9.